The van der Waals surface area contributed by atoms with E-state index < -0.39 is 0 Å². The molecule has 1 aromatic rings. The number of carbonyl (C=O) groups excluding carboxylic acids is 1. The zero-order chi connectivity index (χ0) is 12.0. The van der Waals surface area contributed by atoms with E-state index in [9.17, 15) is 4.79 Å². The van der Waals surface area contributed by atoms with Crippen LogP contribution in [0.5, 0.6) is 0 Å². The number of carbonyl (C=O) groups is 1. The SMILES string of the molecule is CCOC(=O)[C@@H](C)[C@H](CC)c1ccccc1. The van der Waals surface area contributed by atoms with Crippen molar-refractivity contribution in [1.82, 2.24) is 0 Å². The first-order valence-electron chi connectivity index (χ1n) is 5.92. The normalized spacial score (nSPS) is 14.2. The Morgan fingerprint density at radius 1 is 1.25 bits per heavy atom. The van der Waals surface area contributed by atoms with Crippen LogP contribution in [0.3, 0.4) is 0 Å². The number of hydrogen-bond donors (Lipinski definition) is 0. The smallest absolute Gasteiger partial charge is 0.309 e. The van der Waals surface area contributed by atoms with Crippen LogP contribution in [0.25, 0.3) is 0 Å². The molecule has 1 rings (SSSR count). The average molecular weight is 220 g/mol. The summed E-state index contributed by atoms with van der Waals surface area (Å²) in [5, 5.41) is 0. The summed E-state index contributed by atoms with van der Waals surface area (Å²) in [4.78, 5) is 11.7. The van der Waals surface area contributed by atoms with Gasteiger partial charge in [0.05, 0.1) is 12.5 Å². The molecule has 0 saturated heterocycles. The van der Waals surface area contributed by atoms with E-state index in [2.05, 4.69) is 19.1 Å². The molecule has 2 atom stereocenters. The fourth-order valence-electron chi connectivity index (χ4n) is 2.02. The van der Waals surface area contributed by atoms with E-state index in [-0.39, 0.29) is 17.8 Å². The molecule has 88 valence electrons. The van der Waals surface area contributed by atoms with E-state index in [0.717, 1.165) is 6.42 Å². The fourth-order valence-corrected chi connectivity index (χ4v) is 2.02. The third kappa shape index (κ3) is 3.09. The van der Waals surface area contributed by atoms with Crippen molar-refractivity contribution in [3.05, 3.63) is 35.9 Å². The van der Waals surface area contributed by atoms with Gasteiger partial charge in [-0.3, -0.25) is 4.79 Å². The lowest BCUT2D eigenvalue weighted by Crippen LogP contribution is -2.21. The topological polar surface area (TPSA) is 26.3 Å². The molecule has 2 nitrogen and oxygen atoms in total. The lowest BCUT2D eigenvalue weighted by molar-refractivity contribution is -0.148. The van der Waals surface area contributed by atoms with Crippen molar-refractivity contribution in [2.45, 2.75) is 33.1 Å². The van der Waals surface area contributed by atoms with Gasteiger partial charge >= 0.3 is 5.97 Å². The quantitative estimate of drug-likeness (QED) is 0.711. The highest BCUT2D eigenvalue weighted by molar-refractivity contribution is 5.73. The second kappa shape index (κ2) is 6.31. The largest absolute Gasteiger partial charge is 0.466 e. The molecular weight excluding hydrogens is 200 g/mol. The molecule has 0 fully saturated rings. The molecule has 0 radical (unpaired) electrons. The number of esters is 1. The molecule has 0 aromatic heterocycles. The molecule has 0 aliphatic carbocycles. The van der Waals surface area contributed by atoms with Crippen LogP contribution in [-0.4, -0.2) is 12.6 Å². The summed E-state index contributed by atoms with van der Waals surface area (Å²) in [6.07, 6.45) is 0.948. The Kier molecular flexibility index (Phi) is 5.03. The third-order valence-electron chi connectivity index (χ3n) is 2.93. The first kappa shape index (κ1) is 12.8. The average Bonchev–Trinajstić information content (AvgIpc) is 2.31. The first-order chi connectivity index (χ1) is 7.70. The van der Waals surface area contributed by atoms with Crippen LogP contribution in [0.15, 0.2) is 30.3 Å². The highest BCUT2D eigenvalue weighted by Crippen LogP contribution is 2.28. The van der Waals surface area contributed by atoms with Gasteiger partial charge in [0.25, 0.3) is 0 Å². The van der Waals surface area contributed by atoms with E-state index in [1.807, 2.05) is 32.0 Å². The Morgan fingerprint density at radius 2 is 1.88 bits per heavy atom. The van der Waals surface area contributed by atoms with Crippen LogP contribution in [0.4, 0.5) is 0 Å². The van der Waals surface area contributed by atoms with Crippen molar-refractivity contribution < 1.29 is 9.53 Å². The van der Waals surface area contributed by atoms with Crippen molar-refractivity contribution in [3.8, 4) is 0 Å². The van der Waals surface area contributed by atoms with Gasteiger partial charge in [-0.2, -0.15) is 0 Å². The first-order valence-corrected chi connectivity index (χ1v) is 5.92. The Hall–Kier alpha value is -1.31. The minimum Gasteiger partial charge on any atom is -0.466 e. The summed E-state index contributed by atoms with van der Waals surface area (Å²) in [6, 6.07) is 10.2. The number of hydrogen-bond acceptors (Lipinski definition) is 2. The van der Waals surface area contributed by atoms with E-state index >= 15 is 0 Å². The van der Waals surface area contributed by atoms with Crippen LogP contribution >= 0.6 is 0 Å². The van der Waals surface area contributed by atoms with Gasteiger partial charge in [-0.25, -0.2) is 0 Å². The van der Waals surface area contributed by atoms with Crippen molar-refractivity contribution in [2.75, 3.05) is 6.61 Å². The van der Waals surface area contributed by atoms with Gasteiger partial charge in [0.1, 0.15) is 0 Å². The molecule has 0 N–H and O–H groups in total. The van der Waals surface area contributed by atoms with Crippen molar-refractivity contribution >= 4 is 5.97 Å². The molecule has 0 bridgehead atoms. The molecule has 0 amide bonds. The van der Waals surface area contributed by atoms with Crippen LogP contribution in [-0.2, 0) is 9.53 Å². The van der Waals surface area contributed by atoms with Crippen molar-refractivity contribution in [3.63, 3.8) is 0 Å². The lowest BCUT2D eigenvalue weighted by atomic mass is 9.85. The Labute approximate surface area is 97.6 Å². The van der Waals surface area contributed by atoms with Crippen molar-refractivity contribution in [2.24, 2.45) is 5.92 Å². The second-order valence-corrected chi connectivity index (χ2v) is 3.97. The van der Waals surface area contributed by atoms with E-state index in [0.29, 0.717) is 6.61 Å². The molecule has 0 spiro atoms. The van der Waals surface area contributed by atoms with Gasteiger partial charge in [0.2, 0.25) is 0 Å². The molecule has 0 unspecified atom stereocenters. The van der Waals surface area contributed by atoms with Gasteiger partial charge in [-0.1, -0.05) is 44.2 Å². The van der Waals surface area contributed by atoms with Crippen LogP contribution < -0.4 is 0 Å². The second-order valence-electron chi connectivity index (χ2n) is 3.97. The molecule has 16 heavy (non-hydrogen) atoms. The summed E-state index contributed by atoms with van der Waals surface area (Å²) in [6.45, 7) is 6.34. The summed E-state index contributed by atoms with van der Waals surface area (Å²) in [5.74, 6) is 0.0748. The maximum atomic E-state index is 11.7. The van der Waals surface area contributed by atoms with Crippen LogP contribution in [0.1, 0.15) is 38.7 Å². The Balaban J connectivity index is 2.78. The molecule has 0 heterocycles. The van der Waals surface area contributed by atoms with E-state index in [4.69, 9.17) is 4.74 Å². The van der Waals surface area contributed by atoms with Crippen LogP contribution in [0, 0.1) is 5.92 Å². The molecule has 0 aliphatic rings. The molecular formula is C14H20O2. The zero-order valence-electron chi connectivity index (χ0n) is 10.3. The van der Waals surface area contributed by atoms with Crippen molar-refractivity contribution in [1.29, 1.82) is 0 Å². The summed E-state index contributed by atoms with van der Waals surface area (Å²) in [5.41, 5.74) is 1.21. The minimum absolute atomic E-state index is 0.0765. The lowest BCUT2D eigenvalue weighted by Gasteiger charge is -2.21. The maximum absolute atomic E-state index is 11.7. The van der Waals surface area contributed by atoms with Gasteiger partial charge < -0.3 is 4.74 Å². The fraction of sp³-hybridized carbons (Fsp3) is 0.500. The predicted molar refractivity (Wildman–Crippen MR) is 65.3 cm³/mol. The highest BCUT2D eigenvalue weighted by Gasteiger charge is 2.24. The minimum atomic E-state index is -0.0989. The molecule has 2 heteroatoms. The predicted octanol–water partition coefficient (Wildman–Crippen LogP) is 3.38. The van der Waals surface area contributed by atoms with E-state index in [1.54, 1.807) is 0 Å². The van der Waals surface area contributed by atoms with Crippen LogP contribution in [0.2, 0.25) is 0 Å². The third-order valence-corrected chi connectivity index (χ3v) is 2.93. The van der Waals surface area contributed by atoms with Gasteiger partial charge in [-0.05, 0) is 24.8 Å². The molecule has 1 aromatic carbocycles. The molecule has 0 saturated carbocycles. The summed E-state index contributed by atoms with van der Waals surface area (Å²) < 4.78 is 5.07. The maximum Gasteiger partial charge on any atom is 0.309 e. The van der Waals surface area contributed by atoms with E-state index in [1.165, 1.54) is 5.56 Å². The Morgan fingerprint density at radius 3 is 2.38 bits per heavy atom. The summed E-state index contributed by atoms with van der Waals surface area (Å²) >= 11 is 0. The molecule has 0 aliphatic heterocycles. The van der Waals surface area contributed by atoms with Gasteiger partial charge in [0.15, 0.2) is 0 Å². The number of rotatable bonds is 5. The Bertz CT molecular complexity index is 319. The highest BCUT2D eigenvalue weighted by atomic mass is 16.5. The number of benzene rings is 1. The monoisotopic (exact) mass is 220 g/mol. The summed E-state index contributed by atoms with van der Waals surface area (Å²) in [7, 11) is 0. The van der Waals surface area contributed by atoms with Gasteiger partial charge in [-0.15, -0.1) is 0 Å². The van der Waals surface area contributed by atoms with Gasteiger partial charge in [0, 0.05) is 0 Å². The zero-order valence-corrected chi connectivity index (χ0v) is 10.3. The standard InChI is InChI=1S/C14H20O2/c1-4-13(11(3)14(15)16-5-2)12-9-7-6-8-10-12/h6-11,13H,4-5H2,1-3H3/t11-,13-/m0/s1. The number of ether oxygens (including phenoxy) is 1.